The molecule has 1 N–H and O–H groups in total. The van der Waals surface area contributed by atoms with E-state index in [-0.39, 0.29) is 12.1 Å². The van der Waals surface area contributed by atoms with Crippen LogP contribution in [0.3, 0.4) is 0 Å². The van der Waals surface area contributed by atoms with Crippen LogP contribution in [-0.4, -0.2) is 24.7 Å². The standard InChI is InChI=1S/C16H20N2O/c1-13(12-19-2)18-16(14-8-4-3-5-9-14)15-10-6-7-11-17-15/h3-11,13,16,18H,12H2,1-2H3. The summed E-state index contributed by atoms with van der Waals surface area (Å²) >= 11 is 0. The molecule has 0 aliphatic rings. The molecule has 2 aromatic rings. The summed E-state index contributed by atoms with van der Waals surface area (Å²) in [5.74, 6) is 0. The van der Waals surface area contributed by atoms with Gasteiger partial charge in [0, 0.05) is 19.3 Å². The van der Waals surface area contributed by atoms with Gasteiger partial charge in [-0.25, -0.2) is 0 Å². The van der Waals surface area contributed by atoms with Crippen LogP contribution in [0.1, 0.15) is 24.2 Å². The number of methoxy groups -OCH3 is 1. The number of pyridine rings is 1. The van der Waals surface area contributed by atoms with Gasteiger partial charge in [0.1, 0.15) is 0 Å². The first-order valence-corrected chi connectivity index (χ1v) is 6.52. The molecule has 0 radical (unpaired) electrons. The van der Waals surface area contributed by atoms with Crippen molar-refractivity contribution in [2.45, 2.75) is 19.0 Å². The molecule has 0 amide bonds. The quantitative estimate of drug-likeness (QED) is 0.863. The second-order valence-electron chi connectivity index (χ2n) is 4.62. The van der Waals surface area contributed by atoms with Crippen molar-refractivity contribution >= 4 is 0 Å². The van der Waals surface area contributed by atoms with Gasteiger partial charge in [-0.15, -0.1) is 0 Å². The molecule has 3 heteroatoms. The van der Waals surface area contributed by atoms with Crippen molar-refractivity contribution in [1.29, 1.82) is 0 Å². The summed E-state index contributed by atoms with van der Waals surface area (Å²) in [7, 11) is 1.72. The summed E-state index contributed by atoms with van der Waals surface area (Å²) in [6, 6.07) is 16.7. The summed E-state index contributed by atoms with van der Waals surface area (Å²) in [6.45, 7) is 2.79. The van der Waals surface area contributed by atoms with E-state index in [0.29, 0.717) is 6.61 Å². The minimum Gasteiger partial charge on any atom is -0.383 e. The molecule has 0 aliphatic carbocycles. The number of nitrogens with zero attached hydrogens (tertiary/aromatic N) is 1. The van der Waals surface area contributed by atoms with Crippen LogP contribution >= 0.6 is 0 Å². The molecule has 3 nitrogen and oxygen atoms in total. The maximum absolute atomic E-state index is 5.19. The molecular formula is C16H20N2O. The monoisotopic (exact) mass is 256 g/mol. The van der Waals surface area contributed by atoms with Crippen LogP contribution in [0.2, 0.25) is 0 Å². The van der Waals surface area contributed by atoms with E-state index in [2.05, 4.69) is 29.4 Å². The second kappa shape index (κ2) is 7.02. The lowest BCUT2D eigenvalue weighted by Crippen LogP contribution is -2.34. The van der Waals surface area contributed by atoms with E-state index < -0.39 is 0 Å². The van der Waals surface area contributed by atoms with Gasteiger partial charge in [0.2, 0.25) is 0 Å². The van der Waals surface area contributed by atoms with E-state index >= 15 is 0 Å². The van der Waals surface area contributed by atoms with Crippen molar-refractivity contribution in [3.05, 3.63) is 66.0 Å². The van der Waals surface area contributed by atoms with Crippen LogP contribution in [0.4, 0.5) is 0 Å². The molecule has 2 unspecified atom stereocenters. The molecule has 0 spiro atoms. The highest BCUT2D eigenvalue weighted by Gasteiger charge is 2.17. The molecule has 2 atom stereocenters. The van der Waals surface area contributed by atoms with Crippen molar-refractivity contribution in [3.8, 4) is 0 Å². The lowest BCUT2D eigenvalue weighted by molar-refractivity contribution is 0.168. The molecule has 0 bridgehead atoms. The lowest BCUT2D eigenvalue weighted by atomic mass is 10.0. The Bertz CT molecular complexity index is 433. The largest absolute Gasteiger partial charge is 0.383 e. The van der Waals surface area contributed by atoms with Crippen LogP contribution in [0, 0.1) is 0 Å². The Morgan fingerprint density at radius 2 is 1.84 bits per heavy atom. The van der Waals surface area contributed by atoms with Crippen molar-refractivity contribution in [2.75, 3.05) is 13.7 Å². The third-order valence-electron chi connectivity index (χ3n) is 2.98. The maximum Gasteiger partial charge on any atom is 0.0754 e. The average Bonchev–Trinajstić information content (AvgIpc) is 2.47. The summed E-state index contributed by atoms with van der Waals surface area (Å²) < 4.78 is 5.19. The molecule has 1 aromatic heterocycles. The summed E-state index contributed by atoms with van der Waals surface area (Å²) in [6.07, 6.45) is 1.83. The van der Waals surface area contributed by atoms with Crippen LogP contribution in [0.5, 0.6) is 0 Å². The fraction of sp³-hybridized carbons (Fsp3) is 0.312. The number of nitrogens with one attached hydrogen (secondary N) is 1. The maximum atomic E-state index is 5.19. The van der Waals surface area contributed by atoms with Crippen molar-refractivity contribution in [2.24, 2.45) is 0 Å². The van der Waals surface area contributed by atoms with Gasteiger partial charge < -0.3 is 10.1 Å². The zero-order valence-electron chi connectivity index (χ0n) is 11.4. The Kier molecular flexibility index (Phi) is 5.07. The minimum absolute atomic E-state index is 0.0903. The molecule has 0 fully saturated rings. The van der Waals surface area contributed by atoms with Crippen molar-refractivity contribution in [1.82, 2.24) is 10.3 Å². The van der Waals surface area contributed by atoms with Gasteiger partial charge in [-0.1, -0.05) is 36.4 Å². The van der Waals surface area contributed by atoms with E-state index in [1.54, 1.807) is 7.11 Å². The number of ether oxygens (including phenoxy) is 1. The zero-order valence-corrected chi connectivity index (χ0v) is 11.4. The number of rotatable bonds is 6. The van der Waals surface area contributed by atoms with Crippen LogP contribution in [0.25, 0.3) is 0 Å². The lowest BCUT2D eigenvalue weighted by Gasteiger charge is -2.23. The van der Waals surface area contributed by atoms with Gasteiger partial charge >= 0.3 is 0 Å². The van der Waals surface area contributed by atoms with Crippen LogP contribution in [-0.2, 0) is 4.74 Å². The highest BCUT2D eigenvalue weighted by atomic mass is 16.5. The highest BCUT2D eigenvalue weighted by Crippen LogP contribution is 2.20. The minimum atomic E-state index is 0.0903. The molecule has 1 aromatic carbocycles. The van der Waals surface area contributed by atoms with Gasteiger partial charge in [0.25, 0.3) is 0 Å². The van der Waals surface area contributed by atoms with Crippen molar-refractivity contribution < 1.29 is 4.74 Å². The SMILES string of the molecule is COCC(C)NC(c1ccccc1)c1ccccn1. The Morgan fingerprint density at radius 1 is 1.11 bits per heavy atom. The zero-order chi connectivity index (χ0) is 13.5. The fourth-order valence-corrected chi connectivity index (χ4v) is 2.13. The topological polar surface area (TPSA) is 34.1 Å². The number of hydrogen-bond donors (Lipinski definition) is 1. The number of hydrogen-bond acceptors (Lipinski definition) is 3. The van der Waals surface area contributed by atoms with Crippen LogP contribution < -0.4 is 5.32 Å². The molecule has 100 valence electrons. The Hall–Kier alpha value is -1.71. The number of aromatic nitrogens is 1. The number of benzene rings is 1. The van der Waals surface area contributed by atoms with E-state index in [0.717, 1.165) is 5.69 Å². The predicted octanol–water partition coefficient (Wildman–Crippen LogP) is 2.80. The molecule has 0 saturated heterocycles. The summed E-state index contributed by atoms with van der Waals surface area (Å²) in [4.78, 5) is 4.47. The summed E-state index contributed by atoms with van der Waals surface area (Å²) in [5.41, 5.74) is 2.24. The molecular weight excluding hydrogens is 236 g/mol. The molecule has 1 heterocycles. The third kappa shape index (κ3) is 3.88. The van der Waals surface area contributed by atoms with E-state index in [9.17, 15) is 0 Å². The van der Waals surface area contributed by atoms with Gasteiger partial charge in [-0.05, 0) is 24.6 Å². The second-order valence-corrected chi connectivity index (χ2v) is 4.62. The van der Waals surface area contributed by atoms with Gasteiger partial charge in [-0.2, -0.15) is 0 Å². The Balaban J connectivity index is 2.24. The first-order valence-electron chi connectivity index (χ1n) is 6.52. The van der Waals surface area contributed by atoms with E-state index in [4.69, 9.17) is 4.74 Å². The highest BCUT2D eigenvalue weighted by molar-refractivity contribution is 5.27. The molecule has 0 aliphatic heterocycles. The molecule has 0 saturated carbocycles. The Morgan fingerprint density at radius 3 is 2.47 bits per heavy atom. The predicted molar refractivity (Wildman–Crippen MR) is 77.0 cm³/mol. The van der Waals surface area contributed by atoms with Gasteiger partial charge in [0.15, 0.2) is 0 Å². The average molecular weight is 256 g/mol. The van der Waals surface area contributed by atoms with E-state index in [1.165, 1.54) is 5.56 Å². The Labute approximate surface area is 114 Å². The first kappa shape index (κ1) is 13.7. The van der Waals surface area contributed by atoms with Gasteiger partial charge in [0.05, 0.1) is 18.3 Å². The molecule has 19 heavy (non-hydrogen) atoms. The van der Waals surface area contributed by atoms with E-state index in [1.807, 2.05) is 42.6 Å². The molecule has 2 rings (SSSR count). The van der Waals surface area contributed by atoms with Crippen molar-refractivity contribution in [3.63, 3.8) is 0 Å². The smallest absolute Gasteiger partial charge is 0.0754 e. The third-order valence-corrected chi connectivity index (χ3v) is 2.98. The van der Waals surface area contributed by atoms with Crippen LogP contribution in [0.15, 0.2) is 54.7 Å². The normalized spacial score (nSPS) is 14.0. The van der Waals surface area contributed by atoms with Gasteiger partial charge in [-0.3, -0.25) is 4.98 Å². The first-order chi connectivity index (χ1) is 9.31. The summed E-state index contributed by atoms with van der Waals surface area (Å²) in [5, 5.41) is 3.56. The fourth-order valence-electron chi connectivity index (χ4n) is 2.13.